The lowest BCUT2D eigenvalue weighted by molar-refractivity contribution is -0.172. The highest BCUT2D eigenvalue weighted by Gasteiger charge is 2.54. The number of ether oxygens (including phenoxy) is 1. The van der Waals surface area contributed by atoms with Crippen LogP contribution >= 0.6 is 0 Å². The van der Waals surface area contributed by atoms with E-state index < -0.39 is 0 Å². The van der Waals surface area contributed by atoms with E-state index in [0.717, 1.165) is 12.8 Å². The minimum atomic E-state index is -0.0185. The second-order valence-electron chi connectivity index (χ2n) is 3.71. The van der Waals surface area contributed by atoms with Gasteiger partial charge < -0.3 is 4.74 Å². The van der Waals surface area contributed by atoms with Gasteiger partial charge in [0.2, 0.25) is 0 Å². The van der Waals surface area contributed by atoms with Gasteiger partial charge in [-0.3, -0.25) is 4.79 Å². The van der Waals surface area contributed by atoms with Crippen molar-refractivity contribution in [3.05, 3.63) is 0 Å². The van der Waals surface area contributed by atoms with Gasteiger partial charge in [-0.05, 0) is 12.8 Å². The largest absolute Gasteiger partial charge is 0.377 e. The van der Waals surface area contributed by atoms with E-state index >= 15 is 0 Å². The number of hydrogen-bond acceptors (Lipinski definition) is 2. The molecule has 0 spiro atoms. The zero-order chi connectivity index (χ0) is 7.90. The number of fused-ring (bicyclic) bond motifs is 1. The maximum atomic E-state index is 11.1. The molecule has 0 N–H and O–H groups in total. The Kier molecular flexibility index (Phi) is 1.53. The summed E-state index contributed by atoms with van der Waals surface area (Å²) in [5.41, 5.74) is -0.0185. The van der Waals surface area contributed by atoms with Crippen molar-refractivity contribution in [2.24, 2.45) is 5.92 Å². The van der Waals surface area contributed by atoms with Crippen LogP contribution in [0.15, 0.2) is 0 Å². The third-order valence-electron chi connectivity index (χ3n) is 3.25. The van der Waals surface area contributed by atoms with Crippen molar-refractivity contribution in [1.29, 1.82) is 0 Å². The van der Waals surface area contributed by atoms with Crippen molar-refractivity contribution in [1.82, 2.24) is 0 Å². The molecule has 0 bridgehead atoms. The molecule has 62 valence electrons. The van der Waals surface area contributed by atoms with E-state index in [9.17, 15) is 4.79 Å². The van der Waals surface area contributed by atoms with E-state index in [0.29, 0.717) is 12.2 Å². The van der Waals surface area contributed by atoms with Gasteiger partial charge in [-0.2, -0.15) is 0 Å². The fourth-order valence-corrected chi connectivity index (χ4v) is 2.48. The lowest BCUT2D eigenvalue weighted by Gasteiger charge is -2.49. The Morgan fingerprint density at radius 3 is 2.91 bits per heavy atom. The maximum absolute atomic E-state index is 11.1. The molecule has 2 aliphatic carbocycles. The van der Waals surface area contributed by atoms with E-state index in [1.165, 1.54) is 12.8 Å². The number of carbonyl (C=O) groups is 1. The topological polar surface area (TPSA) is 26.3 Å². The van der Waals surface area contributed by atoms with E-state index in [2.05, 4.69) is 0 Å². The van der Waals surface area contributed by atoms with Crippen molar-refractivity contribution in [3.8, 4) is 0 Å². The summed E-state index contributed by atoms with van der Waals surface area (Å²) in [6, 6.07) is 0. The quantitative estimate of drug-likeness (QED) is 0.572. The van der Waals surface area contributed by atoms with Crippen LogP contribution in [0.25, 0.3) is 0 Å². The fourth-order valence-electron chi connectivity index (χ4n) is 2.48. The molecular formula is C9H14O2. The minimum Gasteiger partial charge on any atom is -0.377 e. The Labute approximate surface area is 66.9 Å². The second kappa shape index (κ2) is 2.31. The van der Waals surface area contributed by atoms with Crippen LogP contribution in [0.5, 0.6) is 0 Å². The van der Waals surface area contributed by atoms with Gasteiger partial charge in [-0.15, -0.1) is 0 Å². The zero-order valence-corrected chi connectivity index (χ0v) is 6.93. The highest BCUT2D eigenvalue weighted by atomic mass is 16.5. The third-order valence-corrected chi connectivity index (χ3v) is 3.25. The molecule has 2 aliphatic rings. The van der Waals surface area contributed by atoms with Gasteiger partial charge >= 0.3 is 0 Å². The van der Waals surface area contributed by atoms with Crippen molar-refractivity contribution in [2.45, 2.75) is 37.7 Å². The van der Waals surface area contributed by atoms with Crippen LogP contribution in [0.1, 0.15) is 32.1 Å². The molecule has 0 radical (unpaired) electrons. The molecule has 2 atom stereocenters. The highest BCUT2D eigenvalue weighted by molar-refractivity contribution is 5.90. The molecule has 2 unspecified atom stereocenters. The monoisotopic (exact) mass is 154 g/mol. The van der Waals surface area contributed by atoms with Crippen LogP contribution in [0.4, 0.5) is 0 Å². The Balaban J connectivity index is 2.13. The third kappa shape index (κ3) is 0.853. The number of ketones is 1. The lowest BCUT2D eigenvalue weighted by Crippen LogP contribution is -2.57. The van der Waals surface area contributed by atoms with Crippen LogP contribution in [-0.4, -0.2) is 18.5 Å². The molecule has 0 aliphatic heterocycles. The highest BCUT2D eigenvalue weighted by Crippen LogP contribution is 2.48. The van der Waals surface area contributed by atoms with Crippen LogP contribution < -0.4 is 0 Å². The molecule has 2 fully saturated rings. The average Bonchev–Trinajstić information content (AvgIpc) is 2.02. The van der Waals surface area contributed by atoms with E-state index in [4.69, 9.17) is 4.74 Å². The summed E-state index contributed by atoms with van der Waals surface area (Å²) in [6.45, 7) is 0. The molecule has 0 aromatic carbocycles. The summed E-state index contributed by atoms with van der Waals surface area (Å²) in [7, 11) is 1.74. The lowest BCUT2D eigenvalue weighted by atomic mass is 9.61. The first kappa shape index (κ1) is 7.29. The van der Waals surface area contributed by atoms with Crippen molar-refractivity contribution in [3.63, 3.8) is 0 Å². The molecule has 2 saturated carbocycles. The first-order valence-corrected chi connectivity index (χ1v) is 4.36. The Hall–Kier alpha value is -0.370. The van der Waals surface area contributed by atoms with Gasteiger partial charge in [0.25, 0.3) is 0 Å². The standard InChI is InChI=1S/C9H14O2/c1-11-9-5-3-2-4-7(9)8(10)6-9/h7H,2-6H2,1H3. The summed E-state index contributed by atoms with van der Waals surface area (Å²) in [5, 5.41) is 0. The Bertz CT molecular complexity index is 188. The number of rotatable bonds is 1. The molecule has 0 amide bonds. The molecule has 0 aromatic heterocycles. The van der Waals surface area contributed by atoms with E-state index in [1.54, 1.807) is 7.11 Å². The average molecular weight is 154 g/mol. The number of methoxy groups -OCH3 is 1. The summed E-state index contributed by atoms with van der Waals surface area (Å²) in [6.07, 6.45) is 5.28. The Morgan fingerprint density at radius 1 is 1.55 bits per heavy atom. The first-order valence-electron chi connectivity index (χ1n) is 4.36. The molecule has 11 heavy (non-hydrogen) atoms. The molecular weight excluding hydrogens is 140 g/mol. The second-order valence-corrected chi connectivity index (χ2v) is 3.71. The van der Waals surface area contributed by atoms with Crippen molar-refractivity contribution in [2.75, 3.05) is 7.11 Å². The van der Waals surface area contributed by atoms with Crippen LogP contribution in [-0.2, 0) is 9.53 Å². The summed E-state index contributed by atoms with van der Waals surface area (Å²) < 4.78 is 5.43. The number of carbonyl (C=O) groups excluding carboxylic acids is 1. The van der Waals surface area contributed by atoms with Crippen LogP contribution in [0.2, 0.25) is 0 Å². The zero-order valence-electron chi connectivity index (χ0n) is 6.93. The summed E-state index contributed by atoms with van der Waals surface area (Å²) in [5.74, 6) is 0.674. The van der Waals surface area contributed by atoms with Crippen LogP contribution in [0, 0.1) is 5.92 Å². The van der Waals surface area contributed by atoms with Crippen molar-refractivity contribution >= 4 is 5.78 Å². The normalized spacial score (nSPS) is 43.0. The van der Waals surface area contributed by atoms with Crippen LogP contribution in [0.3, 0.4) is 0 Å². The predicted molar refractivity (Wildman–Crippen MR) is 41.3 cm³/mol. The van der Waals surface area contributed by atoms with E-state index in [1.807, 2.05) is 0 Å². The van der Waals surface area contributed by atoms with Crippen molar-refractivity contribution < 1.29 is 9.53 Å². The SMILES string of the molecule is COC12CCCCC1C(=O)C2. The molecule has 2 nitrogen and oxygen atoms in total. The minimum absolute atomic E-state index is 0.0185. The predicted octanol–water partition coefficient (Wildman–Crippen LogP) is 1.53. The molecule has 0 aromatic rings. The maximum Gasteiger partial charge on any atom is 0.141 e. The van der Waals surface area contributed by atoms with Gasteiger partial charge in [0.05, 0.1) is 5.60 Å². The fraction of sp³-hybridized carbons (Fsp3) is 0.889. The Morgan fingerprint density at radius 2 is 2.36 bits per heavy atom. The smallest absolute Gasteiger partial charge is 0.141 e. The molecule has 0 heterocycles. The summed E-state index contributed by atoms with van der Waals surface area (Å²) >= 11 is 0. The first-order chi connectivity index (χ1) is 5.28. The van der Waals surface area contributed by atoms with E-state index in [-0.39, 0.29) is 11.5 Å². The number of hydrogen-bond donors (Lipinski definition) is 0. The molecule has 0 saturated heterocycles. The van der Waals surface area contributed by atoms with Gasteiger partial charge in [-0.25, -0.2) is 0 Å². The van der Waals surface area contributed by atoms with Gasteiger partial charge in [-0.1, -0.05) is 12.8 Å². The van der Waals surface area contributed by atoms with Gasteiger partial charge in [0.15, 0.2) is 0 Å². The molecule has 2 heteroatoms. The molecule has 2 rings (SSSR count). The summed E-state index contributed by atoms with van der Waals surface area (Å²) in [4.78, 5) is 11.1. The number of Topliss-reactive ketones (excluding diaryl/α,β-unsaturated/α-hetero) is 1. The van der Waals surface area contributed by atoms with Gasteiger partial charge in [0, 0.05) is 19.4 Å². The van der Waals surface area contributed by atoms with Gasteiger partial charge in [0.1, 0.15) is 5.78 Å².